The zero-order valence-electron chi connectivity index (χ0n) is 24.7. The zero-order chi connectivity index (χ0) is 31.0. The van der Waals surface area contributed by atoms with Crippen LogP contribution in [0.2, 0.25) is 5.02 Å². The van der Waals surface area contributed by atoms with Crippen molar-refractivity contribution in [2.75, 3.05) is 44.7 Å². The summed E-state index contributed by atoms with van der Waals surface area (Å²) in [5.74, 6) is -1.90. The lowest BCUT2D eigenvalue weighted by Crippen LogP contribution is -2.56. The summed E-state index contributed by atoms with van der Waals surface area (Å²) in [7, 11) is 2.09. The molecule has 12 heteroatoms. The Hall–Kier alpha value is -3.80. The molecule has 10 nitrogen and oxygen atoms in total. The van der Waals surface area contributed by atoms with E-state index in [1.807, 2.05) is 41.3 Å². The number of rotatable bonds is 8. The van der Waals surface area contributed by atoms with Crippen LogP contribution in [0, 0.1) is 0 Å². The number of benzene rings is 2. The molecule has 232 valence electrons. The van der Waals surface area contributed by atoms with E-state index in [2.05, 4.69) is 18.5 Å². The Morgan fingerprint density at radius 2 is 1.95 bits per heavy atom. The number of primary amides is 1. The molecule has 44 heavy (non-hydrogen) atoms. The summed E-state index contributed by atoms with van der Waals surface area (Å²) in [6, 6.07) is 11.8. The molecule has 3 aromatic rings. The van der Waals surface area contributed by atoms with E-state index >= 15 is 0 Å². The van der Waals surface area contributed by atoms with Crippen LogP contribution in [0.4, 0.5) is 10.2 Å². The fourth-order valence-corrected chi connectivity index (χ4v) is 6.88. The maximum absolute atomic E-state index is 13.8. The number of aromatic nitrogens is 2. The summed E-state index contributed by atoms with van der Waals surface area (Å²) in [6.07, 6.45) is 2.20. The molecule has 6 rings (SSSR count). The van der Waals surface area contributed by atoms with Gasteiger partial charge >= 0.3 is 6.01 Å². The van der Waals surface area contributed by atoms with E-state index in [1.54, 1.807) is 0 Å². The third-order valence-electron chi connectivity index (χ3n) is 8.88. The molecule has 0 radical (unpaired) electrons. The number of carbonyl (C=O) groups is 2. The van der Waals surface area contributed by atoms with Gasteiger partial charge in [-0.2, -0.15) is 9.97 Å². The van der Waals surface area contributed by atoms with Crippen molar-refractivity contribution in [1.82, 2.24) is 19.8 Å². The van der Waals surface area contributed by atoms with Crippen molar-refractivity contribution in [3.8, 4) is 6.01 Å². The molecule has 3 aliphatic rings. The normalized spacial score (nSPS) is 22.2. The van der Waals surface area contributed by atoms with Crippen LogP contribution < -0.4 is 15.4 Å². The second-order valence-electron chi connectivity index (χ2n) is 11.7. The number of likely N-dealkylation sites (tertiary alicyclic amines) is 1. The van der Waals surface area contributed by atoms with E-state index in [-0.39, 0.29) is 44.3 Å². The Morgan fingerprint density at radius 3 is 2.68 bits per heavy atom. The van der Waals surface area contributed by atoms with Gasteiger partial charge in [0, 0.05) is 54.5 Å². The summed E-state index contributed by atoms with van der Waals surface area (Å²) in [4.78, 5) is 39.8. The van der Waals surface area contributed by atoms with E-state index in [0.717, 1.165) is 47.0 Å². The first-order valence-electron chi connectivity index (χ1n) is 14.9. The van der Waals surface area contributed by atoms with Crippen LogP contribution in [0.25, 0.3) is 10.8 Å². The molecule has 4 heterocycles. The average Bonchev–Trinajstić information content (AvgIpc) is 3.42. The van der Waals surface area contributed by atoms with Crippen LogP contribution in [0.3, 0.4) is 0 Å². The quantitative estimate of drug-likeness (QED) is 0.376. The fraction of sp³-hybridized carbons (Fsp3) is 0.438. The topological polar surface area (TPSA) is 114 Å². The monoisotopic (exact) mass is 622 g/mol. The Bertz CT molecular complexity index is 1600. The predicted molar refractivity (Wildman–Crippen MR) is 165 cm³/mol. The third-order valence-corrected chi connectivity index (χ3v) is 9.19. The Balaban J connectivity index is 1.34. The summed E-state index contributed by atoms with van der Waals surface area (Å²) >= 11 is 6.65. The lowest BCUT2D eigenvalue weighted by atomic mass is 9.94. The highest BCUT2D eigenvalue weighted by molar-refractivity contribution is 6.35. The molecule has 0 unspecified atom stereocenters. The number of amides is 2. The third kappa shape index (κ3) is 6.09. The molecule has 2 amide bonds. The van der Waals surface area contributed by atoms with Gasteiger partial charge in [0.15, 0.2) is 5.83 Å². The highest BCUT2D eigenvalue weighted by atomic mass is 35.5. The average molecular weight is 623 g/mol. The van der Waals surface area contributed by atoms with Crippen molar-refractivity contribution < 1.29 is 23.5 Å². The number of hydrogen-bond donors (Lipinski definition) is 1. The van der Waals surface area contributed by atoms with Gasteiger partial charge < -0.3 is 29.9 Å². The van der Waals surface area contributed by atoms with Gasteiger partial charge in [0.25, 0.3) is 5.91 Å². The highest BCUT2D eigenvalue weighted by Gasteiger charge is 2.36. The molecule has 0 bridgehead atoms. The van der Waals surface area contributed by atoms with Crippen molar-refractivity contribution in [1.29, 1.82) is 0 Å². The van der Waals surface area contributed by atoms with E-state index < -0.39 is 23.7 Å². The van der Waals surface area contributed by atoms with Gasteiger partial charge in [-0.05, 0) is 43.5 Å². The molecular weight excluding hydrogens is 587 g/mol. The van der Waals surface area contributed by atoms with E-state index in [1.165, 1.54) is 4.90 Å². The number of anilines is 1. The van der Waals surface area contributed by atoms with Crippen LogP contribution in [-0.4, -0.2) is 83.5 Å². The summed E-state index contributed by atoms with van der Waals surface area (Å²) in [5.41, 5.74) is 8.11. The van der Waals surface area contributed by atoms with Crippen LogP contribution in [0.15, 0.2) is 48.8 Å². The number of nitrogens with zero attached hydrogens (tertiary/aromatic N) is 5. The highest BCUT2D eigenvalue weighted by Crippen LogP contribution is 2.39. The van der Waals surface area contributed by atoms with Crippen molar-refractivity contribution in [3.05, 3.63) is 70.6 Å². The molecule has 0 aliphatic carbocycles. The Labute approximate surface area is 260 Å². The van der Waals surface area contributed by atoms with Gasteiger partial charge in [0.05, 0.1) is 24.4 Å². The molecule has 3 aliphatic heterocycles. The van der Waals surface area contributed by atoms with Crippen molar-refractivity contribution >= 4 is 40.0 Å². The predicted octanol–water partition coefficient (Wildman–Crippen LogP) is 3.95. The lowest BCUT2D eigenvalue weighted by molar-refractivity contribution is -0.132. The number of fused-ring (bicyclic) bond motifs is 2. The molecule has 2 fully saturated rings. The number of halogens is 2. The number of piperazine rings is 1. The van der Waals surface area contributed by atoms with E-state index in [4.69, 9.17) is 36.8 Å². The number of nitrogens with two attached hydrogens (primary N) is 1. The minimum atomic E-state index is -1.08. The van der Waals surface area contributed by atoms with Crippen molar-refractivity contribution in [2.45, 2.75) is 50.5 Å². The van der Waals surface area contributed by atoms with Gasteiger partial charge in [-0.25, -0.2) is 4.39 Å². The van der Waals surface area contributed by atoms with Crippen LogP contribution in [-0.2, 0) is 27.4 Å². The van der Waals surface area contributed by atoms with Gasteiger partial charge in [0.2, 0.25) is 5.91 Å². The molecule has 2 aromatic carbocycles. The smallest absolute Gasteiger partial charge is 0.318 e. The molecule has 1 aromatic heterocycles. The first kappa shape index (κ1) is 30.2. The van der Waals surface area contributed by atoms with Crippen LogP contribution >= 0.6 is 11.6 Å². The molecule has 2 saturated heterocycles. The minimum Gasteiger partial charge on any atom is -0.462 e. The summed E-state index contributed by atoms with van der Waals surface area (Å²) < 4.78 is 26.5. The first-order chi connectivity index (χ1) is 21.2. The van der Waals surface area contributed by atoms with Crippen molar-refractivity contribution in [2.24, 2.45) is 5.73 Å². The molecular formula is C32H36ClFN6O4. The van der Waals surface area contributed by atoms with Gasteiger partial charge in [-0.15, -0.1) is 0 Å². The zero-order valence-corrected chi connectivity index (χ0v) is 25.4. The molecule has 3 atom stereocenters. The van der Waals surface area contributed by atoms with Crippen LogP contribution in [0.5, 0.6) is 6.01 Å². The Morgan fingerprint density at radius 1 is 1.16 bits per heavy atom. The number of carbonyl (C=O) groups excluding carboxylic acids is 2. The first-order valence-corrected chi connectivity index (χ1v) is 15.3. The summed E-state index contributed by atoms with van der Waals surface area (Å²) in [6.45, 7) is 5.61. The Kier molecular flexibility index (Phi) is 8.70. The van der Waals surface area contributed by atoms with Crippen molar-refractivity contribution in [3.63, 3.8) is 0 Å². The van der Waals surface area contributed by atoms with Gasteiger partial charge in [-0.1, -0.05) is 48.5 Å². The number of hydrogen-bond acceptors (Lipinski definition) is 8. The number of likely N-dealkylation sites (N-methyl/N-ethyl adjacent to an activating group) is 1. The minimum absolute atomic E-state index is 0.124. The van der Waals surface area contributed by atoms with Gasteiger partial charge in [0.1, 0.15) is 12.4 Å². The van der Waals surface area contributed by atoms with E-state index in [0.29, 0.717) is 30.4 Å². The SMILES string of the molecule is C=C(F)C(=O)N1CCN(c2nc(OC[C@@H]3CCCN3C)nc3c2CO[C@H](c2cccc4cccc(Cl)c24)C3)C[C@@H]1CC(N)=O. The van der Waals surface area contributed by atoms with Crippen LogP contribution in [0.1, 0.15) is 42.2 Å². The maximum atomic E-state index is 13.8. The molecule has 0 saturated carbocycles. The van der Waals surface area contributed by atoms with Gasteiger partial charge in [-0.3, -0.25) is 9.59 Å². The second-order valence-corrected chi connectivity index (χ2v) is 12.1. The molecule has 2 N–H and O–H groups in total. The lowest BCUT2D eigenvalue weighted by Gasteiger charge is -2.42. The second kappa shape index (κ2) is 12.7. The summed E-state index contributed by atoms with van der Waals surface area (Å²) in [5, 5.41) is 2.63. The largest absolute Gasteiger partial charge is 0.462 e. The fourth-order valence-electron chi connectivity index (χ4n) is 6.59. The standard InChI is InChI=1S/C32H36ClFN6O4/c1-19(34)31(42)40-13-12-39(16-22(40)14-28(35)41)30-24-18-43-27(23-9-3-6-20-7-4-10-25(33)29(20)23)15-26(24)36-32(37-30)44-17-21-8-5-11-38(21)2/h3-4,6-7,9-10,21-22,27H,1,5,8,11-18H2,2H3,(H2,35,41)/t21-,22-,27-/m0/s1. The number of ether oxygens (including phenoxy) is 2. The molecule has 0 spiro atoms. The van der Waals surface area contributed by atoms with E-state index in [9.17, 15) is 14.0 Å². The maximum Gasteiger partial charge on any atom is 0.318 e.